The van der Waals surface area contributed by atoms with Gasteiger partial charge in [-0.1, -0.05) is 38.0 Å². The molecule has 2 rings (SSSR count). The van der Waals surface area contributed by atoms with Crippen LogP contribution in [0.5, 0.6) is 0 Å². The predicted molar refractivity (Wildman–Crippen MR) is 74.6 cm³/mol. The van der Waals surface area contributed by atoms with E-state index in [0.717, 1.165) is 19.3 Å². The van der Waals surface area contributed by atoms with Gasteiger partial charge in [-0.25, -0.2) is 0 Å². The van der Waals surface area contributed by atoms with Crippen molar-refractivity contribution in [1.29, 1.82) is 0 Å². The molecule has 19 heavy (non-hydrogen) atoms. The molecule has 2 N–H and O–H groups in total. The Bertz CT molecular complexity index is 445. The van der Waals surface area contributed by atoms with E-state index in [2.05, 4.69) is 17.6 Å². The van der Waals surface area contributed by atoms with E-state index >= 15 is 0 Å². The van der Waals surface area contributed by atoms with Gasteiger partial charge in [0.25, 0.3) is 0 Å². The zero-order valence-corrected chi connectivity index (χ0v) is 11.2. The fourth-order valence-electron chi connectivity index (χ4n) is 2.47. The van der Waals surface area contributed by atoms with Crippen molar-refractivity contribution in [2.75, 3.05) is 5.32 Å². The summed E-state index contributed by atoms with van der Waals surface area (Å²) in [7, 11) is 0. The van der Waals surface area contributed by atoms with Crippen LogP contribution < -0.4 is 10.6 Å². The third-order valence-electron chi connectivity index (χ3n) is 3.67. The minimum atomic E-state index is -0.594. The Kier molecular flexibility index (Phi) is 4.55. The molecule has 1 aliphatic rings. The molecule has 4 heteroatoms. The van der Waals surface area contributed by atoms with Gasteiger partial charge in [-0.2, -0.15) is 0 Å². The quantitative estimate of drug-likeness (QED) is 0.802. The van der Waals surface area contributed by atoms with Gasteiger partial charge in [0.05, 0.1) is 0 Å². The zero-order valence-electron chi connectivity index (χ0n) is 11.2. The van der Waals surface area contributed by atoms with Gasteiger partial charge < -0.3 is 10.6 Å². The Balaban J connectivity index is 1.87. The molecule has 2 amide bonds. The first-order valence-electron chi connectivity index (χ1n) is 6.83. The molecule has 1 aromatic carbocycles. The lowest BCUT2D eigenvalue weighted by molar-refractivity contribution is -0.137. The number of rotatable bonds is 2. The van der Waals surface area contributed by atoms with Crippen molar-refractivity contribution in [3.63, 3.8) is 0 Å². The first-order valence-corrected chi connectivity index (χ1v) is 6.83. The summed E-state index contributed by atoms with van der Waals surface area (Å²) >= 11 is 0. The Morgan fingerprint density at radius 1 is 1.05 bits per heavy atom. The molecular formula is C15H20N2O2. The topological polar surface area (TPSA) is 58.2 Å². The molecule has 1 fully saturated rings. The lowest BCUT2D eigenvalue weighted by Gasteiger charge is -2.29. The Labute approximate surface area is 113 Å². The van der Waals surface area contributed by atoms with E-state index in [1.807, 2.05) is 18.2 Å². The van der Waals surface area contributed by atoms with Crippen LogP contribution in [-0.2, 0) is 9.59 Å². The highest BCUT2D eigenvalue weighted by Gasteiger charge is 2.25. The molecule has 2 atom stereocenters. The monoisotopic (exact) mass is 260 g/mol. The summed E-state index contributed by atoms with van der Waals surface area (Å²) < 4.78 is 0. The number of hydrogen-bond acceptors (Lipinski definition) is 2. The zero-order chi connectivity index (χ0) is 13.7. The van der Waals surface area contributed by atoms with Crippen LogP contribution in [0, 0.1) is 5.92 Å². The van der Waals surface area contributed by atoms with E-state index in [9.17, 15) is 9.59 Å². The summed E-state index contributed by atoms with van der Waals surface area (Å²) in [4.78, 5) is 23.6. The van der Waals surface area contributed by atoms with Crippen LogP contribution in [0.4, 0.5) is 5.69 Å². The van der Waals surface area contributed by atoms with E-state index in [-0.39, 0.29) is 6.04 Å². The number of hydrogen-bond donors (Lipinski definition) is 2. The molecule has 0 spiro atoms. The lowest BCUT2D eigenvalue weighted by Crippen LogP contribution is -2.45. The smallest absolute Gasteiger partial charge is 0.313 e. The second-order valence-electron chi connectivity index (χ2n) is 5.16. The summed E-state index contributed by atoms with van der Waals surface area (Å²) in [5, 5.41) is 5.43. The molecule has 1 aromatic rings. The van der Waals surface area contributed by atoms with Crippen molar-refractivity contribution in [3.05, 3.63) is 30.3 Å². The summed E-state index contributed by atoms with van der Waals surface area (Å²) in [6, 6.07) is 9.14. The molecule has 1 aliphatic carbocycles. The maximum absolute atomic E-state index is 11.8. The van der Waals surface area contributed by atoms with Gasteiger partial charge in [-0.05, 0) is 30.9 Å². The Morgan fingerprint density at radius 3 is 2.42 bits per heavy atom. The fourth-order valence-corrected chi connectivity index (χ4v) is 2.47. The van der Waals surface area contributed by atoms with Gasteiger partial charge >= 0.3 is 11.8 Å². The van der Waals surface area contributed by atoms with Gasteiger partial charge in [0, 0.05) is 11.7 Å². The SMILES string of the molecule is C[C@@H]1CCCC[C@@H]1NC(=O)C(=O)Nc1ccccc1. The van der Waals surface area contributed by atoms with Crippen molar-refractivity contribution < 1.29 is 9.59 Å². The molecule has 0 aromatic heterocycles. The summed E-state index contributed by atoms with van der Waals surface area (Å²) in [6.07, 6.45) is 4.41. The van der Waals surface area contributed by atoms with Crippen LogP contribution in [0.2, 0.25) is 0 Å². The normalized spacial score (nSPS) is 22.6. The van der Waals surface area contributed by atoms with Crippen LogP contribution in [0.15, 0.2) is 30.3 Å². The molecule has 4 nitrogen and oxygen atoms in total. The van der Waals surface area contributed by atoms with E-state index in [4.69, 9.17) is 0 Å². The van der Waals surface area contributed by atoms with Crippen LogP contribution in [0.3, 0.4) is 0 Å². The van der Waals surface area contributed by atoms with Crippen molar-refractivity contribution in [2.24, 2.45) is 5.92 Å². The van der Waals surface area contributed by atoms with Gasteiger partial charge in [-0.3, -0.25) is 9.59 Å². The summed E-state index contributed by atoms with van der Waals surface area (Å²) in [6.45, 7) is 2.12. The van der Waals surface area contributed by atoms with Gasteiger partial charge in [-0.15, -0.1) is 0 Å². The Morgan fingerprint density at radius 2 is 1.74 bits per heavy atom. The second kappa shape index (κ2) is 6.36. The third-order valence-corrected chi connectivity index (χ3v) is 3.67. The molecule has 0 radical (unpaired) electrons. The highest BCUT2D eigenvalue weighted by atomic mass is 16.2. The number of amides is 2. The Hall–Kier alpha value is -1.84. The van der Waals surface area contributed by atoms with Gasteiger partial charge in [0.15, 0.2) is 0 Å². The van der Waals surface area contributed by atoms with Crippen molar-refractivity contribution in [3.8, 4) is 0 Å². The third kappa shape index (κ3) is 3.81. The highest BCUT2D eigenvalue weighted by Crippen LogP contribution is 2.23. The average molecular weight is 260 g/mol. The van der Waals surface area contributed by atoms with Crippen LogP contribution in [0.25, 0.3) is 0 Å². The highest BCUT2D eigenvalue weighted by molar-refractivity contribution is 6.39. The number of carbonyl (C=O) groups excluding carboxylic acids is 2. The second-order valence-corrected chi connectivity index (χ2v) is 5.16. The maximum atomic E-state index is 11.8. The minimum Gasteiger partial charge on any atom is -0.345 e. The first-order chi connectivity index (χ1) is 9.16. The van der Waals surface area contributed by atoms with E-state index in [1.165, 1.54) is 6.42 Å². The van der Waals surface area contributed by atoms with Crippen molar-refractivity contribution >= 4 is 17.5 Å². The van der Waals surface area contributed by atoms with Crippen LogP contribution in [0.1, 0.15) is 32.6 Å². The standard InChI is InChI=1S/C15H20N2O2/c1-11-7-5-6-10-13(11)17-15(19)14(18)16-12-8-3-2-4-9-12/h2-4,8-9,11,13H,5-7,10H2,1H3,(H,16,18)(H,17,19)/t11-,13+/m1/s1. The van der Waals surface area contributed by atoms with E-state index in [0.29, 0.717) is 11.6 Å². The van der Waals surface area contributed by atoms with Gasteiger partial charge in [0.1, 0.15) is 0 Å². The molecule has 0 unspecified atom stereocenters. The first kappa shape index (κ1) is 13.6. The van der Waals surface area contributed by atoms with E-state index in [1.54, 1.807) is 12.1 Å². The number of benzene rings is 1. The van der Waals surface area contributed by atoms with Crippen LogP contribution in [-0.4, -0.2) is 17.9 Å². The van der Waals surface area contributed by atoms with Crippen molar-refractivity contribution in [1.82, 2.24) is 5.32 Å². The number of nitrogens with one attached hydrogen (secondary N) is 2. The summed E-state index contributed by atoms with van der Waals surface area (Å²) in [5.74, 6) is -0.686. The lowest BCUT2D eigenvalue weighted by atomic mass is 9.86. The maximum Gasteiger partial charge on any atom is 0.313 e. The predicted octanol–water partition coefficient (Wildman–Crippen LogP) is 2.32. The molecule has 1 saturated carbocycles. The van der Waals surface area contributed by atoms with Gasteiger partial charge in [0.2, 0.25) is 0 Å². The number of para-hydroxylation sites is 1. The molecular weight excluding hydrogens is 240 g/mol. The minimum absolute atomic E-state index is 0.128. The fraction of sp³-hybridized carbons (Fsp3) is 0.467. The van der Waals surface area contributed by atoms with Crippen molar-refractivity contribution in [2.45, 2.75) is 38.6 Å². The molecule has 0 bridgehead atoms. The molecule has 0 saturated heterocycles. The molecule has 102 valence electrons. The number of carbonyl (C=O) groups is 2. The average Bonchev–Trinajstić information content (AvgIpc) is 2.42. The largest absolute Gasteiger partial charge is 0.345 e. The number of anilines is 1. The van der Waals surface area contributed by atoms with Crippen LogP contribution >= 0.6 is 0 Å². The molecule has 0 heterocycles. The summed E-state index contributed by atoms with van der Waals surface area (Å²) in [5.41, 5.74) is 0.638. The van der Waals surface area contributed by atoms with E-state index < -0.39 is 11.8 Å². The molecule has 0 aliphatic heterocycles.